The minimum absolute atomic E-state index is 0.0202. The third kappa shape index (κ3) is 3.68. The number of aromatic nitrogens is 1. The van der Waals surface area contributed by atoms with Gasteiger partial charge in [-0.05, 0) is 54.7 Å². The van der Waals surface area contributed by atoms with Gasteiger partial charge in [-0.15, -0.1) is 11.3 Å². The molecule has 0 saturated carbocycles. The molecule has 0 aliphatic carbocycles. The second-order valence-electron chi connectivity index (χ2n) is 5.74. The summed E-state index contributed by atoms with van der Waals surface area (Å²) < 4.78 is 5.76. The molecule has 1 aromatic heterocycles. The molecule has 0 bridgehead atoms. The third-order valence-electron chi connectivity index (χ3n) is 3.89. The predicted octanol–water partition coefficient (Wildman–Crippen LogP) is 3.77. The highest BCUT2D eigenvalue weighted by Crippen LogP contribution is 2.27. The van der Waals surface area contributed by atoms with Crippen LogP contribution in [0.5, 0.6) is 11.5 Å². The summed E-state index contributed by atoms with van der Waals surface area (Å²) >= 11 is 6.54. The third-order valence-corrected chi connectivity index (χ3v) is 4.90. The zero-order chi connectivity index (χ0) is 19.5. The van der Waals surface area contributed by atoms with Gasteiger partial charge in [0.25, 0.3) is 11.8 Å². The molecule has 1 saturated heterocycles. The van der Waals surface area contributed by atoms with Crippen LogP contribution in [-0.2, 0) is 9.59 Å². The molecule has 28 heavy (non-hydrogen) atoms. The quantitative estimate of drug-likeness (QED) is 0.405. The van der Waals surface area contributed by atoms with Gasteiger partial charge in [-0.1, -0.05) is 18.2 Å². The number of anilines is 1. The average molecular weight is 407 g/mol. The predicted molar refractivity (Wildman–Crippen MR) is 111 cm³/mol. The molecule has 2 heterocycles. The Morgan fingerprint density at radius 2 is 1.75 bits per heavy atom. The molecule has 0 unspecified atom stereocenters. The van der Waals surface area contributed by atoms with Crippen LogP contribution >= 0.6 is 23.6 Å². The Morgan fingerprint density at radius 1 is 1.04 bits per heavy atom. The number of ether oxygens (including phenoxy) is 1. The lowest BCUT2D eigenvalue weighted by Crippen LogP contribution is -2.54. The van der Waals surface area contributed by atoms with E-state index in [0.29, 0.717) is 22.2 Å². The molecule has 2 aromatic carbocycles. The van der Waals surface area contributed by atoms with Crippen molar-refractivity contribution in [1.29, 1.82) is 0 Å². The minimum atomic E-state index is -0.537. The van der Waals surface area contributed by atoms with Crippen molar-refractivity contribution in [2.45, 2.75) is 0 Å². The van der Waals surface area contributed by atoms with Gasteiger partial charge in [-0.2, -0.15) is 0 Å². The fourth-order valence-electron chi connectivity index (χ4n) is 2.61. The maximum Gasteiger partial charge on any atom is 0.270 e. The van der Waals surface area contributed by atoms with Crippen molar-refractivity contribution in [2.75, 3.05) is 4.90 Å². The van der Waals surface area contributed by atoms with Gasteiger partial charge in [0.05, 0.1) is 5.69 Å². The second kappa shape index (κ2) is 7.71. The van der Waals surface area contributed by atoms with Crippen molar-refractivity contribution < 1.29 is 14.3 Å². The number of thiazole rings is 1. The normalized spacial score (nSPS) is 15.6. The summed E-state index contributed by atoms with van der Waals surface area (Å²) in [6.45, 7) is 0. The summed E-state index contributed by atoms with van der Waals surface area (Å²) in [4.78, 5) is 30.5. The van der Waals surface area contributed by atoms with Crippen LogP contribution in [0.2, 0.25) is 0 Å². The van der Waals surface area contributed by atoms with Gasteiger partial charge < -0.3 is 4.74 Å². The van der Waals surface area contributed by atoms with E-state index in [1.165, 1.54) is 22.3 Å². The Bertz CT molecular complexity index is 1060. The highest BCUT2D eigenvalue weighted by atomic mass is 32.1. The molecule has 6 nitrogen and oxygen atoms in total. The molecule has 0 spiro atoms. The van der Waals surface area contributed by atoms with Gasteiger partial charge in [0, 0.05) is 11.6 Å². The molecule has 1 N–H and O–H groups in total. The van der Waals surface area contributed by atoms with Crippen molar-refractivity contribution in [3.05, 3.63) is 76.8 Å². The highest BCUT2D eigenvalue weighted by Gasteiger charge is 2.34. The largest absolute Gasteiger partial charge is 0.457 e. The van der Waals surface area contributed by atoms with Crippen molar-refractivity contribution in [3.8, 4) is 11.5 Å². The van der Waals surface area contributed by atoms with Crippen LogP contribution in [0, 0.1) is 0 Å². The summed E-state index contributed by atoms with van der Waals surface area (Å²) in [6, 6.07) is 16.3. The number of hydrogen-bond acceptors (Lipinski definition) is 6. The maximum atomic E-state index is 12.9. The topological polar surface area (TPSA) is 71.5 Å². The van der Waals surface area contributed by atoms with E-state index < -0.39 is 11.8 Å². The van der Waals surface area contributed by atoms with E-state index in [9.17, 15) is 9.59 Å². The van der Waals surface area contributed by atoms with Crippen LogP contribution in [0.1, 0.15) is 5.01 Å². The molecule has 8 heteroatoms. The minimum Gasteiger partial charge on any atom is -0.457 e. The first-order chi connectivity index (χ1) is 13.6. The van der Waals surface area contributed by atoms with Crippen LogP contribution in [0.25, 0.3) is 6.08 Å². The molecule has 3 aromatic rings. The zero-order valence-corrected chi connectivity index (χ0v) is 16.0. The molecule has 0 atom stereocenters. The summed E-state index contributed by atoms with van der Waals surface area (Å²) in [7, 11) is 0. The summed E-state index contributed by atoms with van der Waals surface area (Å²) in [6.07, 6.45) is 3.07. The number of nitrogens with zero attached hydrogens (tertiary/aromatic N) is 2. The zero-order valence-electron chi connectivity index (χ0n) is 14.4. The van der Waals surface area contributed by atoms with Gasteiger partial charge >= 0.3 is 0 Å². The first-order valence-corrected chi connectivity index (χ1v) is 9.54. The second-order valence-corrected chi connectivity index (χ2v) is 7.05. The Morgan fingerprint density at radius 3 is 2.43 bits per heavy atom. The molecule has 138 valence electrons. The summed E-state index contributed by atoms with van der Waals surface area (Å²) in [5, 5.41) is 4.92. The Hall–Kier alpha value is -3.36. The molecule has 0 radical (unpaired) electrons. The van der Waals surface area contributed by atoms with E-state index in [4.69, 9.17) is 17.0 Å². The van der Waals surface area contributed by atoms with Gasteiger partial charge in [0.1, 0.15) is 22.1 Å². The van der Waals surface area contributed by atoms with E-state index in [2.05, 4.69) is 10.3 Å². The van der Waals surface area contributed by atoms with E-state index in [-0.39, 0.29) is 10.7 Å². The lowest BCUT2D eigenvalue weighted by Gasteiger charge is -2.28. The Balaban J connectivity index is 1.59. The number of nitrogens with one attached hydrogen (secondary N) is 1. The summed E-state index contributed by atoms with van der Waals surface area (Å²) in [5.74, 6) is 0.292. The first kappa shape index (κ1) is 18.0. The SMILES string of the molecule is O=C1NC(=S)N(c2ccc(Oc3ccccc3)cc2)C(=O)/C1=C/c1nccs1. The van der Waals surface area contributed by atoms with Gasteiger partial charge in [0.15, 0.2) is 5.11 Å². The molecule has 1 fully saturated rings. The number of carbonyl (C=O) groups is 2. The molecular formula is C20H13N3O3S2. The Kier molecular flexibility index (Phi) is 4.96. The fourth-order valence-corrected chi connectivity index (χ4v) is 3.46. The highest BCUT2D eigenvalue weighted by molar-refractivity contribution is 7.80. The molecule has 4 rings (SSSR count). The number of thiocarbonyl (C=S) groups is 1. The van der Waals surface area contributed by atoms with E-state index >= 15 is 0 Å². The monoisotopic (exact) mass is 407 g/mol. The summed E-state index contributed by atoms with van der Waals surface area (Å²) in [5.41, 5.74) is 0.508. The van der Waals surface area contributed by atoms with Crippen molar-refractivity contribution in [2.24, 2.45) is 0 Å². The Labute approximate surface area is 170 Å². The van der Waals surface area contributed by atoms with Crippen LogP contribution < -0.4 is 15.0 Å². The van der Waals surface area contributed by atoms with Crippen molar-refractivity contribution in [3.63, 3.8) is 0 Å². The van der Waals surface area contributed by atoms with Crippen LogP contribution in [0.3, 0.4) is 0 Å². The first-order valence-electron chi connectivity index (χ1n) is 8.26. The number of para-hydroxylation sites is 1. The van der Waals surface area contributed by atoms with Crippen LogP contribution in [0.15, 0.2) is 71.7 Å². The fraction of sp³-hybridized carbons (Fsp3) is 0. The molecule has 2 amide bonds. The van der Waals surface area contributed by atoms with Crippen molar-refractivity contribution in [1.82, 2.24) is 10.3 Å². The molecular weight excluding hydrogens is 394 g/mol. The van der Waals surface area contributed by atoms with E-state index in [1.54, 1.807) is 35.8 Å². The molecule has 1 aliphatic heterocycles. The lowest BCUT2D eigenvalue weighted by molar-refractivity contribution is -0.122. The number of amides is 2. The van der Waals surface area contributed by atoms with E-state index in [1.807, 2.05) is 30.3 Å². The number of carbonyl (C=O) groups excluding carboxylic acids is 2. The van der Waals surface area contributed by atoms with Gasteiger partial charge in [0.2, 0.25) is 0 Å². The number of rotatable bonds is 4. The maximum absolute atomic E-state index is 12.9. The molecule has 1 aliphatic rings. The van der Waals surface area contributed by atoms with Gasteiger partial charge in [-0.25, -0.2) is 4.98 Å². The standard InChI is InChI=1S/C20H13N3O3S2/c24-18-16(12-17-21-10-11-28-17)19(25)23(20(27)22-18)13-6-8-15(9-7-13)26-14-4-2-1-3-5-14/h1-12H,(H,22,24,27)/b16-12+. The lowest BCUT2D eigenvalue weighted by atomic mass is 10.1. The number of hydrogen-bond donors (Lipinski definition) is 1. The van der Waals surface area contributed by atoms with E-state index in [0.717, 1.165) is 0 Å². The van der Waals surface area contributed by atoms with Gasteiger partial charge in [-0.3, -0.25) is 19.8 Å². The van der Waals surface area contributed by atoms with Crippen molar-refractivity contribution >= 4 is 52.2 Å². The average Bonchev–Trinajstić information content (AvgIpc) is 3.20. The smallest absolute Gasteiger partial charge is 0.270 e. The van der Waals surface area contributed by atoms with Crippen LogP contribution in [-0.4, -0.2) is 21.9 Å². The van der Waals surface area contributed by atoms with Crippen LogP contribution in [0.4, 0.5) is 5.69 Å². The number of benzene rings is 2.